The summed E-state index contributed by atoms with van der Waals surface area (Å²) in [5.41, 5.74) is 0.727. The predicted octanol–water partition coefficient (Wildman–Crippen LogP) is 2.68. The van der Waals surface area contributed by atoms with Crippen molar-refractivity contribution < 1.29 is 14.0 Å². The van der Waals surface area contributed by atoms with Crippen molar-refractivity contribution in [2.24, 2.45) is 0 Å². The number of carbonyl (C=O) groups is 2. The van der Waals surface area contributed by atoms with Crippen LogP contribution in [0.2, 0.25) is 0 Å². The van der Waals surface area contributed by atoms with Crippen molar-refractivity contribution in [2.75, 3.05) is 11.6 Å². The van der Waals surface area contributed by atoms with Crippen LogP contribution in [-0.2, 0) is 0 Å². The highest BCUT2D eigenvalue weighted by atomic mass is 32.2. The first-order valence-corrected chi connectivity index (χ1v) is 7.55. The lowest BCUT2D eigenvalue weighted by molar-refractivity contribution is 0.0975. The van der Waals surface area contributed by atoms with Crippen LogP contribution in [0, 0.1) is 5.82 Å². The van der Waals surface area contributed by atoms with Gasteiger partial charge in [-0.15, -0.1) is 11.8 Å². The van der Waals surface area contributed by atoms with Crippen molar-refractivity contribution in [3.05, 3.63) is 64.5 Å². The highest BCUT2D eigenvalue weighted by molar-refractivity contribution is 8.03. The topological polar surface area (TPSA) is 72.0 Å². The number of benzene rings is 1. The van der Waals surface area contributed by atoms with Crippen LogP contribution in [0.25, 0.3) is 0 Å². The largest absolute Gasteiger partial charge is 0.351 e. The maximum Gasteiger partial charge on any atom is 0.231 e. The molecule has 1 heterocycles. The second-order valence-corrected chi connectivity index (χ2v) is 5.27. The van der Waals surface area contributed by atoms with Gasteiger partial charge in [-0.1, -0.05) is 0 Å². The van der Waals surface area contributed by atoms with E-state index in [0.717, 1.165) is 11.8 Å². The standard InChI is InChI=1S/C15H10FN3O2S/c1-22-15-12(19-9-4-2-8(16)3-5-9)13(20)10-11(14(15)21)18-7-6-17-10/h2-7,19H,1H3. The minimum absolute atomic E-state index is 0.0231. The molecule has 1 aromatic carbocycles. The molecule has 22 heavy (non-hydrogen) atoms. The van der Waals surface area contributed by atoms with Gasteiger partial charge < -0.3 is 5.32 Å². The Morgan fingerprint density at radius 1 is 1.00 bits per heavy atom. The zero-order chi connectivity index (χ0) is 15.7. The number of hydrogen-bond donors (Lipinski definition) is 1. The molecular weight excluding hydrogens is 305 g/mol. The third-order valence-corrected chi connectivity index (χ3v) is 3.90. The first kappa shape index (κ1) is 14.4. The fraction of sp³-hybridized carbons (Fsp3) is 0.0667. The molecule has 1 aromatic heterocycles. The average molecular weight is 315 g/mol. The van der Waals surface area contributed by atoms with E-state index in [1.807, 2.05) is 0 Å². The van der Waals surface area contributed by atoms with E-state index in [2.05, 4.69) is 15.3 Å². The zero-order valence-electron chi connectivity index (χ0n) is 11.5. The number of nitrogens with one attached hydrogen (secondary N) is 1. The van der Waals surface area contributed by atoms with Crippen molar-refractivity contribution in [1.29, 1.82) is 0 Å². The summed E-state index contributed by atoms with van der Waals surface area (Å²) < 4.78 is 13.0. The molecule has 1 N–H and O–H groups in total. The van der Waals surface area contributed by atoms with Gasteiger partial charge in [0.25, 0.3) is 0 Å². The van der Waals surface area contributed by atoms with Gasteiger partial charge in [-0.2, -0.15) is 0 Å². The summed E-state index contributed by atoms with van der Waals surface area (Å²) in [6.45, 7) is 0. The average Bonchev–Trinajstić information content (AvgIpc) is 2.55. The molecule has 0 bridgehead atoms. The first-order valence-electron chi connectivity index (χ1n) is 6.33. The fourth-order valence-corrected chi connectivity index (χ4v) is 2.73. The summed E-state index contributed by atoms with van der Waals surface area (Å²) in [6, 6.07) is 5.52. The number of halogens is 1. The van der Waals surface area contributed by atoms with E-state index in [4.69, 9.17) is 0 Å². The molecule has 5 nitrogen and oxygen atoms in total. The second kappa shape index (κ2) is 5.69. The Morgan fingerprint density at radius 3 is 2.18 bits per heavy atom. The quantitative estimate of drug-likeness (QED) is 0.939. The summed E-state index contributed by atoms with van der Waals surface area (Å²) in [6.07, 6.45) is 4.44. The fourth-order valence-electron chi connectivity index (χ4n) is 2.10. The number of anilines is 1. The number of allylic oxidation sites excluding steroid dienone is 2. The molecule has 0 saturated heterocycles. The van der Waals surface area contributed by atoms with E-state index in [-0.39, 0.29) is 33.6 Å². The van der Waals surface area contributed by atoms with Crippen molar-refractivity contribution in [3.63, 3.8) is 0 Å². The molecule has 0 saturated carbocycles. The minimum atomic E-state index is -0.406. The number of hydrogen-bond acceptors (Lipinski definition) is 6. The minimum Gasteiger partial charge on any atom is -0.351 e. The third-order valence-electron chi connectivity index (χ3n) is 3.11. The zero-order valence-corrected chi connectivity index (χ0v) is 12.3. The van der Waals surface area contributed by atoms with Crippen LogP contribution < -0.4 is 5.32 Å². The number of aromatic nitrogens is 2. The summed E-state index contributed by atoms with van der Waals surface area (Å²) in [5.74, 6) is -1.14. The highest BCUT2D eigenvalue weighted by Crippen LogP contribution is 2.30. The molecule has 0 aliphatic heterocycles. The number of carbonyl (C=O) groups excluding carboxylic acids is 2. The smallest absolute Gasteiger partial charge is 0.231 e. The normalized spacial score (nSPS) is 14.1. The predicted molar refractivity (Wildman–Crippen MR) is 81.3 cm³/mol. The van der Waals surface area contributed by atoms with E-state index < -0.39 is 5.78 Å². The van der Waals surface area contributed by atoms with E-state index in [1.54, 1.807) is 6.26 Å². The number of nitrogens with zero attached hydrogens (tertiary/aromatic N) is 2. The number of rotatable bonds is 3. The molecule has 0 fully saturated rings. The SMILES string of the molecule is CSC1=C(Nc2ccc(F)cc2)C(=O)c2nccnc2C1=O. The summed E-state index contributed by atoms with van der Waals surface area (Å²) >= 11 is 1.16. The summed E-state index contributed by atoms with van der Waals surface area (Å²) in [5, 5.41) is 2.88. The molecule has 0 unspecified atom stereocenters. The summed E-state index contributed by atoms with van der Waals surface area (Å²) in [7, 11) is 0. The lowest BCUT2D eigenvalue weighted by Crippen LogP contribution is -2.27. The number of fused-ring (bicyclic) bond motifs is 1. The molecule has 110 valence electrons. The Bertz CT molecular complexity index is 803. The lowest BCUT2D eigenvalue weighted by atomic mass is 10.0. The monoisotopic (exact) mass is 315 g/mol. The van der Waals surface area contributed by atoms with Crippen molar-refractivity contribution in [1.82, 2.24) is 9.97 Å². The Hall–Kier alpha value is -2.54. The van der Waals surface area contributed by atoms with Gasteiger partial charge in [0.15, 0.2) is 0 Å². The first-order chi connectivity index (χ1) is 10.6. The van der Waals surface area contributed by atoms with Crippen molar-refractivity contribution in [2.45, 2.75) is 0 Å². The van der Waals surface area contributed by atoms with E-state index in [1.165, 1.54) is 36.7 Å². The van der Waals surface area contributed by atoms with Gasteiger partial charge in [0.05, 0.1) is 4.91 Å². The Balaban J connectivity index is 2.06. The number of ketones is 2. The van der Waals surface area contributed by atoms with Crippen LogP contribution in [0.1, 0.15) is 21.0 Å². The number of Topliss-reactive ketones (excluding diaryl/α,β-unsaturated/α-hetero) is 2. The third kappa shape index (κ3) is 2.39. The maximum atomic E-state index is 13.0. The van der Waals surface area contributed by atoms with E-state index in [0.29, 0.717) is 5.69 Å². The second-order valence-electron chi connectivity index (χ2n) is 4.45. The molecule has 0 radical (unpaired) electrons. The number of thioether (sulfide) groups is 1. The lowest BCUT2D eigenvalue weighted by Gasteiger charge is -2.19. The Morgan fingerprint density at radius 2 is 1.59 bits per heavy atom. The van der Waals surface area contributed by atoms with Crippen LogP contribution in [0.15, 0.2) is 47.3 Å². The van der Waals surface area contributed by atoms with Gasteiger partial charge in [0.2, 0.25) is 11.6 Å². The highest BCUT2D eigenvalue weighted by Gasteiger charge is 2.34. The van der Waals surface area contributed by atoms with Gasteiger partial charge in [0.1, 0.15) is 22.9 Å². The Kier molecular flexibility index (Phi) is 3.72. The van der Waals surface area contributed by atoms with Crippen LogP contribution in [0.4, 0.5) is 10.1 Å². The molecule has 0 spiro atoms. The van der Waals surface area contributed by atoms with E-state index >= 15 is 0 Å². The maximum absolute atomic E-state index is 13.0. The van der Waals surface area contributed by atoms with Gasteiger partial charge >= 0.3 is 0 Å². The molecular formula is C15H10FN3O2S. The van der Waals surface area contributed by atoms with Crippen molar-refractivity contribution in [3.8, 4) is 0 Å². The molecule has 0 amide bonds. The molecule has 1 aliphatic carbocycles. The molecule has 1 aliphatic rings. The van der Waals surface area contributed by atoms with Crippen LogP contribution in [0.3, 0.4) is 0 Å². The van der Waals surface area contributed by atoms with Gasteiger partial charge in [-0.05, 0) is 30.5 Å². The summed E-state index contributed by atoms with van der Waals surface area (Å²) in [4.78, 5) is 33.1. The van der Waals surface area contributed by atoms with Crippen LogP contribution in [-0.4, -0.2) is 27.8 Å². The van der Waals surface area contributed by atoms with Gasteiger partial charge in [0, 0.05) is 18.1 Å². The van der Waals surface area contributed by atoms with Crippen LogP contribution in [0.5, 0.6) is 0 Å². The Labute approximate surface area is 129 Å². The van der Waals surface area contributed by atoms with Gasteiger partial charge in [-0.25, -0.2) is 14.4 Å². The molecule has 7 heteroatoms. The molecule has 3 rings (SSSR count). The van der Waals surface area contributed by atoms with E-state index in [9.17, 15) is 14.0 Å². The van der Waals surface area contributed by atoms with Crippen LogP contribution >= 0.6 is 11.8 Å². The molecule has 0 atom stereocenters. The van der Waals surface area contributed by atoms with Crippen molar-refractivity contribution >= 4 is 29.0 Å². The van der Waals surface area contributed by atoms with Gasteiger partial charge in [-0.3, -0.25) is 9.59 Å². The molecule has 2 aromatic rings.